The van der Waals surface area contributed by atoms with Crippen LogP contribution in [0.3, 0.4) is 0 Å². The first-order chi connectivity index (χ1) is 8.76. The molecule has 0 aliphatic rings. The lowest BCUT2D eigenvalue weighted by molar-refractivity contribution is 0.252. The van der Waals surface area contributed by atoms with Crippen LogP contribution < -0.4 is 5.73 Å². The van der Waals surface area contributed by atoms with Crippen LogP contribution in [0.15, 0.2) is 18.2 Å². The monoisotopic (exact) mass is 292 g/mol. The molecular formula is C12H18F2N2O2S. The van der Waals surface area contributed by atoms with Gasteiger partial charge in [0.05, 0.1) is 11.8 Å². The third kappa shape index (κ3) is 4.52. The zero-order valence-corrected chi connectivity index (χ0v) is 11.8. The van der Waals surface area contributed by atoms with Crippen molar-refractivity contribution in [3.63, 3.8) is 0 Å². The zero-order valence-electron chi connectivity index (χ0n) is 10.9. The lowest BCUT2D eigenvalue weighted by Gasteiger charge is -2.27. The van der Waals surface area contributed by atoms with E-state index in [0.717, 1.165) is 18.4 Å². The Kier molecular flexibility index (Phi) is 5.39. The summed E-state index contributed by atoms with van der Waals surface area (Å²) in [6.45, 7) is 0.159. The highest BCUT2D eigenvalue weighted by Gasteiger charge is 2.23. The standard InChI is InChI=1S/C12H18F2N2O2S/c1-16(6-7-19(2,17)18)11(8-15)12-9(13)4-3-5-10(12)14/h3-5,11H,6-8,15H2,1-2H3. The molecule has 1 aromatic rings. The van der Waals surface area contributed by atoms with Crippen LogP contribution in [0.2, 0.25) is 0 Å². The van der Waals surface area contributed by atoms with Crippen LogP contribution in [-0.2, 0) is 9.84 Å². The van der Waals surface area contributed by atoms with Crippen LogP contribution in [0.25, 0.3) is 0 Å². The highest BCUT2D eigenvalue weighted by Crippen LogP contribution is 2.24. The molecule has 0 radical (unpaired) electrons. The second-order valence-corrected chi connectivity index (χ2v) is 6.76. The summed E-state index contributed by atoms with van der Waals surface area (Å²) in [7, 11) is -1.54. The summed E-state index contributed by atoms with van der Waals surface area (Å²) in [6, 6.07) is 2.90. The van der Waals surface area contributed by atoms with Crippen LogP contribution in [0, 0.1) is 11.6 Å². The van der Waals surface area contributed by atoms with E-state index in [1.165, 1.54) is 6.07 Å². The van der Waals surface area contributed by atoms with E-state index < -0.39 is 27.5 Å². The van der Waals surface area contributed by atoms with E-state index in [4.69, 9.17) is 5.73 Å². The number of nitrogens with zero attached hydrogens (tertiary/aromatic N) is 1. The van der Waals surface area contributed by atoms with Crippen molar-refractivity contribution in [2.24, 2.45) is 5.73 Å². The van der Waals surface area contributed by atoms with E-state index in [0.29, 0.717) is 0 Å². The van der Waals surface area contributed by atoms with Gasteiger partial charge in [0.2, 0.25) is 0 Å². The molecule has 1 atom stereocenters. The highest BCUT2D eigenvalue weighted by molar-refractivity contribution is 7.90. The van der Waals surface area contributed by atoms with Gasteiger partial charge in [0.15, 0.2) is 0 Å². The first kappa shape index (κ1) is 16.0. The van der Waals surface area contributed by atoms with Crippen LogP contribution >= 0.6 is 0 Å². The molecule has 1 aromatic carbocycles. The first-order valence-electron chi connectivity index (χ1n) is 5.78. The Morgan fingerprint density at radius 3 is 2.26 bits per heavy atom. The summed E-state index contributed by atoms with van der Waals surface area (Å²) in [5.41, 5.74) is 5.43. The molecular weight excluding hydrogens is 274 g/mol. The third-order valence-electron chi connectivity index (χ3n) is 2.90. The SMILES string of the molecule is CN(CCS(C)(=O)=O)C(CN)c1c(F)cccc1F. The molecule has 0 saturated heterocycles. The van der Waals surface area contributed by atoms with Gasteiger partial charge in [0.25, 0.3) is 0 Å². The molecule has 0 fully saturated rings. The van der Waals surface area contributed by atoms with Crippen LogP contribution in [0.4, 0.5) is 8.78 Å². The Labute approximate surface area is 112 Å². The minimum Gasteiger partial charge on any atom is -0.329 e. The van der Waals surface area contributed by atoms with Gasteiger partial charge in [0.1, 0.15) is 21.5 Å². The molecule has 0 aromatic heterocycles. The molecule has 19 heavy (non-hydrogen) atoms. The Morgan fingerprint density at radius 2 is 1.84 bits per heavy atom. The first-order valence-corrected chi connectivity index (χ1v) is 7.84. The second-order valence-electron chi connectivity index (χ2n) is 4.50. The van der Waals surface area contributed by atoms with Crippen molar-refractivity contribution in [3.05, 3.63) is 35.4 Å². The molecule has 0 aliphatic carbocycles. The van der Waals surface area contributed by atoms with E-state index in [1.54, 1.807) is 11.9 Å². The lowest BCUT2D eigenvalue weighted by atomic mass is 10.0. The predicted molar refractivity (Wildman–Crippen MR) is 70.5 cm³/mol. The summed E-state index contributed by atoms with van der Waals surface area (Å²) in [4.78, 5) is 1.54. The summed E-state index contributed by atoms with van der Waals surface area (Å²) >= 11 is 0. The van der Waals surface area contributed by atoms with Gasteiger partial charge in [-0.25, -0.2) is 17.2 Å². The summed E-state index contributed by atoms with van der Waals surface area (Å²) in [5, 5.41) is 0. The fourth-order valence-corrected chi connectivity index (χ4v) is 2.43. The van der Waals surface area contributed by atoms with Gasteiger partial charge in [-0.1, -0.05) is 6.07 Å². The van der Waals surface area contributed by atoms with Crippen molar-refractivity contribution < 1.29 is 17.2 Å². The molecule has 0 bridgehead atoms. The Balaban J connectivity index is 2.94. The van der Waals surface area contributed by atoms with Gasteiger partial charge in [-0.05, 0) is 19.2 Å². The fourth-order valence-electron chi connectivity index (χ4n) is 1.81. The van der Waals surface area contributed by atoms with Crippen molar-refractivity contribution in [1.82, 2.24) is 4.90 Å². The van der Waals surface area contributed by atoms with Gasteiger partial charge in [0, 0.05) is 24.9 Å². The molecule has 0 saturated carbocycles. The van der Waals surface area contributed by atoms with Crippen molar-refractivity contribution in [3.8, 4) is 0 Å². The smallest absolute Gasteiger partial charge is 0.148 e. The number of likely N-dealkylation sites (N-methyl/N-ethyl adjacent to an activating group) is 1. The molecule has 0 spiro atoms. The van der Waals surface area contributed by atoms with Crippen molar-refractivity contribution in [2.75, 3.05) is 32.1 Å². The number of nitrogens with two attached hydrogens (primary N) is 1. The summed E-state index contributed by atoms with van der Waals surface area (Å²) < 4.78 is 49.6. The number of benzene rings is 1. The molecule has 7 heteroatoms. The van der Waals surface area contributed by atoms with Crippen LogP contribution in [-0.4, -0.2) is 45.5 Å². The molecule has 4 nitrogen and oxygen atoms in total. The maximum Gasteiger partial charge on any atom is 0.148 e. The van der Waals surface area contributed by atoms with Crippen LogP contribution in [0.1, 0.15) is 11.6 Å². The van der Waals surface area contributed by atoms with E-state index in [9.17, 15) is 17.2 Å². The van der Waals surface area contributed by atoms with E-state index >= 15 is 0 Å². The number of rotatable bonds is 6. The lowest BCUT2D eigenvalue weighted by Crippen LogP contribution is -2.35. The Morgan fingerprint density at radius 1 is 1.32 bits per heavy atom. The average Bonchev–Trinajstić information content (AvgIpc) is 2.30. The quantitative estimate of drug-likeness (QED) is 0.847. The minimum absolute atomic E-state index is 0.00187. The summed E-state index contributed by atoms with van der Waals surface area (Å²) in [6.07, 6.45) is 1.11. The van der Waals surface area contributed by atoms with Gasteiger partial charge >= 0.3 is 0 Å². The number of hydrogen-bond donors (Lipinski definition) is 1. The van der Waals surface area contributed by atoms with Crippen molar-refractivity contribution >= 4 is 9.84 Å². The van der Waals surface area contributed by atoms with E-state index in [2.05, 4.69) is 0 Å². The van der Waals surface area contributed by atoms with Gasteiger partial charge in [-0.15, -0.1) is 0 Å². The maximum atomic E-state index is 13.7. The normalized spacial score (nSPS) is 13.8. The molecule has 2 N–H and O–H groups in total. The fraction of sp³-hybridized carbons (Fsp3) is 0.500. The number of halogens is 2. The molecule has 0 amide bonds. The molecule has 0 aliphatic heterocycles. The Bertz CT molecular complexity index is 514. The van der Waals surface area contributed by atoms with Crippen molar-refractivity contribution in [2.45, 2.75) is 6.04 Å². The zero-order chi connectivity index (χ0) is 14.6. The topological polar surface area (TPSA) is 63.4 Å². The molecule has 108 valence electrons. The maximum absolute atomic E-state index is 13.7. The number of hydrogen-bond acceptors (Lipinski definition) is 4. The minimum atomic E-state index is -3.13. The molecule has 0 heterocycles. The van der Waals surface area contributed by atoms with Crippen LogP contribution in [0.5, 0.6) is 0 Å². The van der Waals surface area contributed by atoms with Gasteiger partial charge in [-0.3, -0.25) is 4.90 Å². The Hall–Kier alpha value is -1.05. The average molecular weight is 292 g/mol. The van der Waals surface area contributed by atoms with Crippen molar-refractivity contribution in [1.29, 1.82) is 0 Å². The largest absolute Gasteiger partial charge is 0.329 e. The second kappa shape index (κ2) is 6.40. The van der Waals surface area contributed by atoms with Gasteiger partial charge < -0.3 is 5.73 Å². The van der Waals surface area contributed by atoms with E-state index in [-0.39, 0.29) is 24.4 Å². The highest BCUT2D eigenvalue weighted by atomic mass is 32.2. The summed E-state index contributed by atoms with van der Waals surface area (Å²) in [5.74, 6) is -1.45. The van der Waals surface area contributed by atoms with Gasteiger partial charge in [-0.2, -0.15) is 0 Å². The molecule has 1 unspecified atom stereocenters. The number of sulfone groups is 1. The molecule has 1 rings (SSSR count). The third-order valence-corrected chi connectivity index (χ3v) is 3.83. The predicted octanol–water partition coefficient (Wildman–Crippen LogP) is 0.941. The van der Waals surface area contributed by atoms with E-state index in [1.807, 2.05) is 0 Å².